The topological polar surface area (TPSA) is 166 Å². The van der Waals surface area contributed by atoms with Gasteiger partial charge in [-0.3, -0.25) is 14.5 Å². The number of benzene rings is 2. The first kappa shape index (κ1) is 20.1. The monoisotopic (exact) mass is 452 g/mol. The van der Waals surface area contributed by atoms with Crippen molar-refractivity contribution in [1.82, 2.24) is 24.5 Å². The third-order valence-electron chi connectivity index (χ3n) is 4.00. The predicted molar refractivity (Wildman–Crippen MR) is 113 cm³/mol. The van der Waals surface area contributed by atoms with Gasteiger partial charge >= 0.3 is 0 Å². The van der Waals surface area contributed by atoms with E-state index in [0.717, 1.165) is 11.5 Å². The van der Waals surface area contributed by atoms with Gasteiger partial charge in [0, 0.05) is 17.1 Å². The van der Waals surface area contributed by atoms with E-state index in [2.05, 4.69) is 34.6 Å². The minimum Gasteiger partial charge on any atom is -0.323 e. The van der Waals surface area contributed by atoms with E-state index in [1.54, 1.807) is 24.3 Å². The van der Waals surface area contributed by atoms with Crippen LogP contribution in [0.15, 0.2) is 64.5 Å². The molecule has 0 aliphatic carbocycles. The van der Waals surface area contributed by atoms with Crippen LogP contribution in [0, 0.1) is 11.3 Å². The second kappa shape index (κ2) is 8.30. The number of sulfonamides is 1. The minimum absolute atomic E-state index is 0.00349. The summed E-state index contributed by atoms with van der Waals surface area (Å²) in [6, 6.07) is 14.6. The van der Waals surface area contributed by atoms with Crippen LogP contribution in [0.5, 0.6) is 0 Å². The molecule has 13 heteroatoms. The van der Waals surface area contributed by atoms with Crippen molar-refractivity contribution in [1.29, 1.82) is 5.26 Å². The van der Waals surface area contributed by atoms with Crippen LogP contribution in [-0.2, 0) is 10.0 Å². The van der Waals surface area contributed by atoms with Crippen molar-refractivity contribution in [2.45, 2.75) is 4.90 Å². The van der Waals surface area contributed by atoms with Crippen molar-refractivity contribution < 1.29 is 8.42 Å². The molecule has 0 fully saturated rings. The van der Waals surface area contributed by atoms with E-state index in [1.807, 2.05) is 12.1 Å². The SMILES string of the molecule is N#Cc1cc(S(=O)(=O)Nc2ncns2)ccc1Nc1nnc(-c2ccccc2)c(=O)[nH]1. The molecule has 3 N–H and O–H groups in total. The van der Waals surface area contributed by atoms with Crippen molar-refractivity contribution >= 4 is 38.3 Å². The van der Waals surface area contributed by atoms with Gasteiger partial charge in [0.25, 0.3) is 15.6 Å². The fourth-order valence-corrected chi connectivity index (χ4v) is 4.28. The van der Waals surface area contributed by atoms with Gasteiger partial charge in [-0.2, -0.15) is 9.64 Å². The minimum atomic E-state index is -3.96. The molecule has 0 saturated carbocycles. The van der Waals surface area contributed by atoms with E-state index in [1.165, 1.54) is 24.5 Å². The number of hydrogen-bond acceptors (Lipinski definition) is 10. The average molecular weight is 452 g/mol. The fraction of sp³-hybridized carbons (Fsp3) is 0. The van der Waals surface area contributed by atoms with E-state index in [9.17, 15) is 18.5 Å². The molecule has 0 aliphatic rings. The Balaban J connectivity index is 1.60. The Morgan fingerprint density at radius 2 is 1.90 bits per heavy atom. The number of aromatic nitrogens is 5. The van der Waals surface area contributed by atoms with Crippen molar-refractivity contribution in [3.8, 4) is 17.3 Å². The maximum absolute atomic E-state index is 12.5. The highest BCUT2D eigenvalue weighted by atomic mass is 32.2. The molecule has 4 rings (SSSR count). The zero-order valence-electron chi connectivity index (χ0n) is 15.5. The van der Waals surface area contributed by atoms with Gasteiger partial charge in [-0.1, -0.05) is 30.3 Å². The molecule has 31 heavy (non-hydrogen) atoms. The standard InChI is InChI=1S/C18H12N8O3S2/c19-9-12-8-13(31(28,29)26-18-20-10-21-30-18)6-7-14(12)22-17-23-16(27)15(24-25-17)11-4-2-1-3-5-11/h1-8,10H,(H,20,21,26)(H2,22,23,25,27). The van der Waals surface area contributed by atoms with Crippen LogP contribution < -0.4 is 15.6 Å². The highest BCUT2D eigenvalue weighted by Gasteiger charge is 2.18. The molecule has 0 bridgehead atoms. The number of aromatic amines is 1. The van der Waals surface area contributed by atoms with Gasteiger partial charge in [0.05, 0.1) is 16.1 Å². The van der Waals surface area contributed by atoms with Crippen LogP contribution in [-0.4, -0.2) is 33.0 Å². The molecule has 0 unspecified atom stereocenters. The highest BCUT2D eigenvalue weighted by molar-refractivity contribution is 7.93. The molecule has 11 nitrogen and oxygen atoms in total. The van der Waals surface area contributed by atoms with Crippen molar-refractivity contribution in [2.75, 3.05) is 10.0 Å². The van der Waals surface area contributed by atoms with Crippen LogP contribution in [0.25, 0.3) is 11.3 Å². The summed E-state index contributed by atoms with van der Waals surface area (Å²) in [6.45, 7) is 0. The number of rotatable bonds is 6. The van der Waals surface area contributed by atoms with Crippen molar-refractivity contribution in [2.24, 2.45) is 0 Å². The Morgan fingerprint density at radius 1 is 1.10 bits per heavy atom. The third-order valence-corrected chi connectivity index (χ3v) is 6.05. The largest absolute Gasteiger partial charge is 0.323 e. The van der Waals surface area contributed by atoms with E-state index >= 15 is 0 Å². The molecule has 0 aliphatic heterocycles. The molecule has 4 aromatic rings. The molecule has 2 heterocycles. The maximum Gasteiger partial charge on any atom is 0.279 e. The van der Waals surface area contributed by atoms with Gasteiger partial charge in [-0.15, -0.1) is 10.2 Å². The molecule has 154 valence electrons. The third kappa shape index (κ3) is 4.39. The maximum atomic E-state index is 12.5. The summed E-state index contributed by atoms with van der Waals surface area (Å²) >= 11 is 0.882. The Hall–Kier alpha value is -4.15. The molecule has 2 aromatic carbocycles. The number of H-pyrrole nitrogens is 1. The van der Waals surface area contributed by atoms with Crippen LogP contribution in [0.1, 0.15) is 5.56 Å². The zero-order valence-corrected chi connectivity index (χ0v) is 17.1. The van der Waals surface area contributed by atoms with Gasteiger partial charge in [0.15, 0.2) is 5.69 Å². The van der Waals surface area contributed by atoms with Crippen LogP contribution in [0.4, 0.5) is 16.8 Å². The van der Waals surface area contributed by atoms with Gasteiger partial charge in [0.1, 0.15) is 12.4 Å². The fourth-order valence-electron chi connectivity index (χ4n) is 2.59. The van der Waals surface area contributed by atoms with Crippen LogP contribution in [0.2, 0.25) is 0 Å². The van der Waals surface area contributed by atoms with E-state index in [-0.39, 0.29) is 32.9 Å². The number of nitrogens with zero attached hydrogens (tertiary/aromatic N) is 5. The lowest BCUT2D eigenvalue weighted by Gasteiger charge is -2.10. The molecule has 0 amide bonds. The molecule has 0 spiro atoms. The molecular formula is C18H12N8O3S2. The molecule has 2 aromatic heterocycles. The predicted octanol–water partition coefficient (Wildman–Crippen LogP) is 2.10. The van der Waals surface area contributed by atoms with Gasteiger partial charge < -0.3 is 5.32 Å². The zero-order chi connectivity index (χ0) is 21.8. The Morgan fingerprint density at radius 3 is 2.58 bits per heavy atom. The summed E-state index contributed by atoms with van der Waals surface area (Å²) in [6.07, 6.45) is 1.22. The Bertz CT molecular complexity index is 1430. The van der Waals surface area contributed by atoms with Gasteiger partial charge in [-0.05, 0) is 18.2 Å². The smallest absolute Gasteiger partial charge is 0.279 e. The second-order valence-corrected chi connectivity index (χ2v) is 8.48. The summed E-state index contributed by atoms with van der Waals surface area (Å²) in [7, 11) is -3.96. The average Bonchev–Trinajstić information content (AvgIpc) is 3.27. The summed E-state index contributed by atoms with van der Waals surface area (Å²) < 4.78 is 31.0. The quantitative estimate of drug-likeness (QED) is 0.397. The number of hydrogen-bond donors (Lipinski definition) is 3. The summed E-state index contributed by atoms with van der Waals surface area (Å²) in [5, 5.41) is 20.2. The van der Waals surface area contributed by atoms with Gasteiger partial charge in [0.2, 0.25) is 11.1 Å². The first-order chi connectivity index (χ1) is 15.0. The van der Waals surface area contributed by atoms with Crippen LogP contribution in [0.3, 0.4) is 0 Å². The first-order valence-electron chi connectivity index (χ1n) is 8.59. The van der Waals surface area contributed by atoms with E-state index in [4.69, 9.17) is 0 Å². The lowest BCUT2D eigenvalue weighted by atomic mass is 10.2. The summed E-state index contributed by atoms with van der Waals surface area (Å²) in [5.41, 5.74) is 0.557. The number of nitriles is 1. The summed E-state index contributed by atoms with van der Waals surface area (Å²) in [4.78, 5) is 18.6. The second-order valence-electron chi connectivity index (χ2n) is 6.01. The number of nitrogens with one attached hydrogen (secondary N) is 3. The normalized spacial score (nSPS) is 10.9. The van der Waals surface area contributed by atoms with E-state index in [0.29, 0.717) is 5.56 Å². The Labute approximate surface area is 179 Å². The van der Waals surface area contributed by atoms with E-state index < -0.39 is 15.6 Å². The summed E-state index contributed by atoms with van der Waals surface area (Å²) in [5.74, 6) is 0.00349. The lowest BCUT2D eigenvalue weighted by Crippen LogP contribution is -2.16. The van der Waals surface area contributed by atoms with Crippen molar-refractivity contribution in [3.63, 3.8) is 0 Å². The van der Waals surface area contributed by atoms with Crippen LogP contribution >= 0.6 is 11.5 Å². The van der Waals surface area contributed by atoms with Gasteiger partial charge in [-0.25, -0.2) is 13.4 Å². The molecule has 0 atom stereocenters. The highest BCUT2D eigenvalue weighted by Crippen LogP contribution is 2.24. The molecule has 0 saturated heterocycles. The Kier molecular flexibility index (Phi) is 5.39. The van der Waals surface area contributed by atoms with Crippen molar-refractivity contribution in [3.05, 3.63) is 70.8 Å². The first-order valence-corrected chi connectivity index (χ1v) is 10.8. The lowest BCUT2D eigenvalue weighted by molar-refractivity contribution is 0.601. The number of anilines is 3. The molecule has 0 radical (unpaired) electrons. The molecular weight excluding hydrogens is 440 g/mol.